The molecule has 1 aliphatic heterocycles. The Balaban J connectivity index is 2.67. The zero-order valence-electron chi connectivity index (χ0n) is 9.26. The Labute approximate surface area is 84.7 Å². The van der Waals surface area contributed by atoms with Crippen molar-refractivity contribution in [3.05, 3.63) is 0 Å². The summed E-state index contributed by atoms with van der Waals surface area (Å²) in [6.45, 7) is 8.38. The number of carbonyl (C=O) groups excluding carboxylic acids is 2. The van der Waals surface area contributed by atoms with E-state index in [9.17, 15) is 9.59 Å². The highest BCUT2D eigenvalue weighted by atomic mass is 16.2. The topological polar surface area (TPSA) is 49.4 Å². The van der Waals surface area contributed by atoms with Crippen molar-refractivity contribution >= 4 is 11.9 Å². The lowest BCUT2D eigenvalue weighted by molar-refractivity contribution is -0.125. The lowest BCUT2D eigenvalue weighted by atomic mass is 10.0. The Morgan fingerprint density at radius 1 is 1.36 bits per heavy atom. The molecule has 0 aromatic carbocycles. The number of hydrogen-bond donors (Lipinski definition) is 1. The van der Waals surface area contributed by atoms with E-state index in [0.717, 1.165) is 6.42 Å². The third-order valence-electron chi connectivity index (χ3n) is 2.63. The van der Waals surface area contributed by atoms with Gasteiger partial charge in [-0.25, -0.2) is 4.79 Å². The zero-order chi connectivity index (χ0) is 10.9. The maximum atomic E-state index is 11.4. The summed E-state index contributed by atoms with van der Waals surface area (Å²) in [5, 5.41) is 2.33. The second-order valence-corrected chi connectivity index (χ2v) is 4.65. The smallest absolute Gasteiger partial charge is 0.310 e. The van der Waals surface area contributed by atoms with Gasteiger partial charge in [0.1, 0.15) is 5.54 Å². The third-order valence-corrected chi connectivity index (χ3v) is 2.63. The Kier molecular flexibility index (Phi) is 2.83. The van der Waals surface area contributed by atoms with E-state index in [1.807, 2.05) is 0 Å². The molecular weight excluding hydrogens is 180 g/mol. The van der Waals surface area contributed by atoms with Crippen LogP contribution in [-0.2, 0) is 4.79 Å². The zero-order valence-corrected chi connectivity index (χ0v) is 9.26. The fraction of sp³-hybridized carbons (Fsp3) is 0.800. The van der Waals surface area contributed by atoms with Gasteiger partial charge in [-0.05, 0) is 26.2 Å². The third kappa shape index (κ3) is 1.89. The summed E-state index contributed by atoms with van der Waals surface area (Å²) in [5.74, 6) is 0.334. The number of hydrogen-bond acceptors (Lipinski definition) is 2. The van der Waals surface area contributed by atoms with Crippen molar-refractivity contribution in [3.8, 4) is 0 Å². The summed E-state index contributed by atoms with van der Waals surface area (Å²) >= 11 is 0. The quantitative estimate of drug-likeness (QED) is 0.696. The van der Waals surface area contributed by atoms with Gasteiger partial charge >= 0.3 is 6.03 Å². The molecule has 4 nitrogen and oxygen atoms in total. The number of amides is 3. The van der Waals surface area contributed by atoms with Crippen LogP contribution in [0, 0.1) is 5.92 Å². The highest BCUT2D eigenvalue weighted by molar-refractivity contribution is 6.06. The molecule has 14 heavy (non-hydrogen) atoms. The van der Waals surface area contributed by atoms with Crippen LogP contribution in [0.3, 0.4) is 0 Å². The maximum Gasteiger partial charge on any atom is 0.324 e. The first kappa shape index (κ1) is 11.0. The number of rotatable bonds is 3. The number of carbonyl (C=O) groups is 2. The Morgan fingerprint density at radius 3 is 2.29 bits per heavy atom. The minimum Gasteiger partial charge on any atom is -0.310 e. The molecule has 0 atom stereocenters. The number of imide groups is 1. The molecular formula is C10H18N2O2. The standard InChI is InChI=1S/C10H18N2O2/c1-7(2)5-6-12-9(14)11-8(13)10(12,3)4/h7H,5-6H2,1-4H3,(H,11,13,14). The first-order chi connectivity index (χ1) is 6.35. The summed E-state index contributed by atoms with van der Waals surface area (Å²) in [5.41, 5.74) is -0.689. The van der Waals surface area contributed by atoms with E-state index in [2.05, 4.69) is 19.2 Å². The van der Waals surface area contributed by atoms with Crippen LogP contribution in [-0.4, -0.2) is 28.9 Å². The highest BCUT2D eigenvalue weighted by Gasteiger charge is 2.44. The summed E-state index contributed by atoms with van der Waals surface area (Å²) < 4.78 is 0. The van der Waals surface area contributed by atoms with Crippen molar-refractivity contribution in [1.82, 2.24) is 10.2 Å². The Morgan fingerprint density at radius 2 is 1.93 bits per heavy atom. The van der Waals surface area contributed by atoms with Crippen LogP contribution in [0.4, 0.5) is 4.79 Å². The lowest BCUT2D eigenvalue weighted by Gasteiger charge is -2.28. The molecule has 0 saturated carbocycles. The number of nitrogens with zero attached hydrogens (tertiary/aromatic N) is 1. The van der Waals surface area contributed by atoms with Gasteiger partial charge < -0.3 is 4.90 Å². The summed E-state index contributed by atoms with van der Waals surface area (Å²) in [4.78, 5) is 24.4. The van der Waals surface area contributed by atoms with Crippen LogP contribution in [0.15, 0.2) is 0 Å². The highest BCUT2D eigenvalue weighted by Crippen LogP contribution is 2.21. The molecule has 1 heterocycles. The second-order valence-electron chi connectivity index (χ2n) is 4.65. The predicted molar refractivity (Wildman–Crippen MR) is 53.8 cm³/mol. The van der Waals surface area contributed by atoms with Gasteiger partial charge in [-0.3, -0.25) is 10.1 Å². The fourth-order valence-electron chi connectivity index (χ4n) is 1.46. The monoisotopic (exact) mass is 198 g/mol. The minimum absolute atomic E-state index is 0.203. The van der Waals surface area contributed by atoms with Gasteiger partial charge in [-0.15, -0.1) is 0 Å². The maximum absolute atomic E-state index is 11.4. The Bertz CT molecular complexity index is 259. The summed E-state index contributed by atoms with van der Waals surface area (Å²) in [6, 6.07) is -0.263. The summed E-state index contributed by atoms with van der Waals surface area (Å²) in [7, 11) is 0. The lowest BCUT2D eigenvalue weighted by Crippen LogP contribution is -2.44. The second kappa shape index (κ2) is 3.59. The molecule has 4 heteroatoms. The van der Waals surface area contributed by atoms with E-state index in [1.165, 1.54) is 0 Å². The summed E-state index contributed by atoms with van der Waals surface area (Å²) in [6.07, 6.45) is 0.921. The van der Waals surface area contributed by atoms with E-state index in [1.54, 1.807) is 18.7 Å². The van der Waals surface area contributed by atoms with Gasteiger partial charge in [0.25, 0.3) is 5.91 Å². The van der Waals surface area contributed by atoms with Gasteiger partial charge in [-0.1, -0.05) is 13.8 Å². The van der Waals surface area contributed by atoms with Crippen molar-refractivity contribution in [1.29, 1.82) is 0 Å². The van der Waals surface area contributed by atoms with Gasteiger partial charge in [-0.2, -0.15) is 0 Å². The molecule has 0 radical (unpaired) electrons. The molecule has 0 aromatic rings. The van der Waals surface area contributed by atoms with E-state index in [0.29, 0.717) is 12.5 Å². The number of urea groups is 1. The van der Waals surface area contributed by atoms with Crippen LogP contribution in [0.2, 0.25) is 0 Å². The van der Waals surface area contributed by atoms with Crippen molar-refractivity contribution in [3.63, 3.8) is 0 Å². The van der Waals surface area contributed by atoms with E-state index in [-0.39, 0.29) is 11.9 Å². The molecule has 3 amide bonds. The molecule has 0 unspecified atom stereocenters. The van der Waals surface area contributed by atoms with Gasteiger partial charge in [0.2, 0.25) is 0 Å². The van der Waals surface area contributed by atoms with Crippen LogP contribution in [0.1, 0.15) is 34.1 Å². The predicted octanol–water partition coefficient (Wildman–Crippen LogP) is 1.36. The average Bonchev–Trinajstić information content (AvgIpc) is 2.20. The normalized spacial score (nSPS) is 20.5. The molecule has 1 rings (SSSR count). The first-order valence-electron chi connectivity index (χ1n) is 4.98. The van der Waals surface area contributed by atoms with Gasteiger partial charge in [0, 0.05) is 6.54 Å². The largest absolute Gasteiger partial charge is 0.324 e. The molecule has 1 aliphatic rings. The van der Waals surface area contributed by atoms with Crippen LogP contribution < -0.4 is 5.32 Å². The van der Waals surface area contributed by atoms with Crippen molar-refractivity contribution in [2.75, 3.05) is 6.54 Å². The average molecular weight is 198 g/mol. The van der Waals surface area contributed by atoms with Gasteiger partial charge in [0.05, 0.1) is 0 Å². The van der Waals surface area contributed by atoms with Crippen LogP contribution >= 0.6 is 0 Å². The van der Waals surface area contributed by atoms with Crippen LogP contribution in [0.25, 0.3) is 0 Å². The molecule has 0 bridgehead atoms. The Hall–Kier alpha value is -1.06. The molecule has 1 N–H and O–H groups in total. The van der Waals surface area contributed by atoms with Crippen molar-refractivity contribution < 1.29 is 9.59 Å². The first-order valence-corrected chi connectivity index (χ1v) is 4.98. The van der Waals surface area contributed by atoms with Crippen molar-refractivity contribution in [2.45, 2.75) is 39.7 Å². The molecule has 0 aliphatic carbocycles. The molecule has 0 aromatic heterocycles. The van der Waals surface area contributed by atoms with E-state index >= 15 is 0 Å². The molecule has 1 saturated heterocycles. The molecule has 0 spiro atoms. The SMILES string of the molecule is CC(C)CCN1C(=O)NC(=O)C1(C)C. The molecule has 80 valence electrons. The van der Waals surface area contributed by atoms with E-state index < -0.39 is 5.54 Å². The minimum atomic E-state index is -0.689. The van der Waals surface area contributed by atoms with Crippen LogP contribution in [0.5, 0.6) is 0 Å². The van der Waals surface area contributed by atoms with Gasteiger partial charge in [0.15, 0.2) is 0 Å². The fourth-order valence-corrected chi connectivity index (χ4v) is 1.46. The molecule has 1 fully saturated rings. The van der Waals surface area contributed by atoms with E-state index in [4.69, 9.17) is 0 Å². The number of nitrogens with one attached hydrogen (secondary N) is 1. The van der Waals surface area contributed by atoms with Crippen molar-refractivity contribution in [2.24, 2.45) is 5.92 Å².